The van der Waals surface area contributed by atoms with Crippen LogP contribution in [0.3, 0.4) is 0 Å². The van der Waals surface area contributed by atoms with Gasteiger partial charge in [-0.15, -0.1) is 0 Å². The monoisotopic (exact) mass is 407 g/mol. The molecule has 3 rings (SSSR count). The van der Waals surface area contributed by atoms with Crippen molar-refractivity contribution in [1.29, 1.82) is 0 Å². The lowest BCUT2D eigenvalue weighted by Gasteiger charge is -2.33. The van der Waals surface area contributed by atoms with Crippen LogP contribution in [0.1, 0.15) is 39.4 Å². The molecule has 8 nitrogen and oxygen atoms in total. The maximum absolute atomic E-state index is 14.1. The maximum atomic E-state index is 14.1. The Morgan fingerprint density at radius 3 is 2.66 bits per heavy atom. The zero-order chi connectivity index (χ0) is 21.0. The van der Waals surface area contributed by atoms with Crippen LogP contribution in [0.25, 0.3) is 11.5 Å². The molecular formula is C20H26FN3O5. The SMILES string of the molecule is COc1ccc(-c2nc(COC3CCN(C(=O)OC(C)(C)C)CC3)no2)c(F)c1. The lowest BCUT2D eigenvalue weighted by atomic mass is 10.1. The Kier molecular flexibility index (Phi) is 6.36. The van der Waals surface area contributed by atoms with E-state index in [0.717, 1.165) is 0 Å². The fraction of sp³-hybridized carbons (Fsp3) is 0.550. The Morgan fingerprint density at radius 2 is 2.03 bits per heavy atom. The van der Waals surface area contributed by atoms with Crippen LogP contribution >= 0.6 is 0 Å². The van der Waals surface area contributed by atoms with E-state index in [1.165, 1.54) is 19.2 Å². The number of ether oxygens (including phenoxy) is 3. The van der Waals surface area contributed by atoms with Crippen LogP contribution in [-0.4, -0.2) is 53.0 Å². The Morgan fingerprint density at radius 1 is 1.31 bits per heavy atom. The average Bonchev–Trinajstić information content (AvgIpc) is 3.14. The summed E-state index contributed by atoms with van der Waals surface area (Å²) in [6, 6.07) is 4.41. The highest BCUT2D eigenvalue weighted by molar-refractivity contribution is 5.68. The molecule has 0 saturated carbocycles. The van der Waals surface area contributed by atoms with Gasteiger partial charge in [0.2, 0.25) is 0 Å². The molecule has 0 N–H and O–H groups in total. The summed E-state index contributed by atoms with van der Waals surface area (Å²) in [5.74, 6) is 0.329. The number of hydrogen-bond donors (Lipinski definition) is 0. The molecule has 2 aromatic rings. The van der Waals surface area contributed by atoms with E-state index in [1.54, 1.807) is 11.0 Å². The van der Waals surface area contributed by atoms with Gasteiger partial charge in [-0.2, -0.15) is 4.98 Å². The molecule has 1 aliphatic heterocycles. The minimum Gasteiger partial charge on any atom is -0.497 e. The fourth-order valence-corrected chi connectivity index (χ4v) is 2.94. The van der Waals surface area contributed by atoms with Crippen molar-refractivity contribution in [1.82, 2.24) is 15.0 Å². The van der Waals surface area contributed by atoms with Gasteiger partial charge in [0.25, 0.3) is 5.89 Å². The van der Waals surface area contributed by atoms with Crippen molar-refractivity contribution in [2.45, 2.75) is 51.9 Å². The third-order valence-corrected chi connectivity index (χ3v) is 4.42. The van der Waals surface area contributed by atoms with E-state index >= 15 is 0 Å². The molecule has 0 bridgehead atoms. The lowest BCUT2D eigenvalue weighted by molar-refractivity contribution is -0.0190. The highest BCUT2D eigenvalue weighted by Crippen LogP contribution is 2.25. The molecule has 1 saturated heterocycles. The first kappa shape index (κ1) is 21.0. The molecular weight excluding hydrogens is 381 g/mol. The number of carbonyl (C=O) groups is 1. The largest absolute Gasteiger partial charge is 0.497 e. The maximum Gasteiger partial charge on any atom is 0.410 e. The van der Waals surface area contributed by atoms with Crippen LogP contribution in [-0.2, 0) is 16.1 Å². The summed E-state index contributed by atoms with van der Waals surface area (Å²) in [6.45, 7) is 6.81. The van der Waals surface area contributed by atoms with Crippen molar-refractivity contribution in [2.75, 3.05) is 20.2 Å². The zero-order valence-electron chi connectivity index (χ0n) is 17.1. The summed E-state index contributed by atoms with van der Waals surface area (Å²) in [5.41, 5.74) is -0.306. The van der Waals surface area contributed by atoms with Crippen molar-refractivity contribution >= 4 is 6.09 Å². The summed E-state index contributed by atoms with van der Waals surface area (Å²) in [5, 5.41) is 3.85. The molecule has 158 valence electrons. The number of amides is 1. The normalized spacial score (nSPS) is 15.4. The second kappa shape index (κ2) is 8.77. The van der Waals surface area contributed by atoms with Gasteiger partial charge in [0.15, 0.2) is 5.82 Å². The molecule has 9 heteroatoms. The van der Waals surface area contributed by atoms with Gasteiger partial charge in [-0.1, -0.05) is 5.16 Å². The molecule has 1 aliphatic rings. The van der Waals surface area contributed by atoms with E-state index < -0.39 is 11.4 Å². The van der Waals surface area contributed by atoms with Gasteiger partial charge < -0.3 is 23.6 Å². The van der Waals surface area contributed by atoms with Crippen LogP contribution in [0.5, 0.6) is 5.75 Å². The molecule has 29 heavy (non-hydrogen) atoms. The second-order valence-electron chi connectivity index (χ2n) is 7.84. The summed E-state index contributed by atoms with van der Waals surface area (Å²) < 4.78 is 35.5. The first-order chi connectivity index (χ1) is 13.7. The van der Waals surface area contributed by atoms with Gasteiger partial charge in [0.1, 0.15) is 23.8 Å². The number of carbonyl (C=O) groups excluding carboxylic acids is 1. The number of methoxy groups -OCH3 is 1. The summed E-state index contributed by atoms with van der Waals surface area (Å²) in [7, 11) is 1.47. The number of aromatic nitrogens is 2. The zero-order valence-corrected chi connectivity index (χ0v) is 17.1. The molecule has 2 heterocycles. The molecule has 1 aromatic carbocycles. The van der Waals surface area contributed by atoms with Gasteiger partial charge in [-0.25, -0.2) is 9.18 Å². The van der Waals surface area contributed by atoms with Gasteiger partial charge >= 0.3 is 6.09 Å². The molecule has 0 spiro atoms. The van der Waals surface area contributed by atoms with Crippen LogP contribution in [0, 0.1) is 5.82 Å². The first-order valence-electron chi connectivity index (χ1n) is 9.51. The molecule has 0 aliphatic carbocycles. The number of piperidine rings is 1. The molecule has 0 radical (unpaired) electrons. The van der Waals surface area contributed by atoms with Gasteiger partial charge in [-0.05, 0) is 45.7 Å². The highest BCUT2D eigenvalue weighted by Gasteiger charge is 2.27. The molecule has 0 unspecified atom stereocenters. The summed E-state index contributed by atoms with van der Waals surface area (Å²) in [6.07, 6.45) is 1.06. The van der Waals surface area contributed by atoms with Gasteiger partial charge in [0.05, 0.1) is 18.8 Å². The molecule has 1 amide bonds. The van der Waals surface area contributed by atoms with Crippen molar-refractivity contribution < 1.29 is 27.9 Å². The Labute approximate surface area is 168 Å². The summed E-state index contributed by atoms with van der Waals surface area (Å²) in [4.78, 5) is 18.0. The van der Waals surface area contributed by atoms with Crippen LogP contribution in [0.15, 0.2) is 22.7 Å². The van der Waals surface area contributed by atoms with Crippen molar-refractivity contribution in [3.8, 4) is 17.2 Å². The third kappa shape index (κ3) is 5.66. The molecule has 1 aromatic heterocycles. The van der Waals surface area contributed by atoms with E-state index in [4.69, 9.17) is 18.7 Å². The van der Waals surface area contributed by atoms with Gasteiger partial charge in [-0.3, -0.25) is 0 Å². The number of halogens is 1. The van der Waals surface area contributed by atoms with Crippen LogP contribution < -0.4 is 4.74 Å². The predicted octanol–water partition coefficient (Wildman–Crippen LogP) is 3.80. The minimum atomic E-state index is -0.510. The number of benzene rings is 1. The Balaban J connectivity index is 1.49. The summed E-state index contributed by atoms with van der Waals surface area (Å²) >= 11 is 0. The van der Waals surface area contributed by atoms with E-state index in [1.807, 2.05) is 20.8 Å². The van der Waals surface area contributed by atoms with Gasteiger partial charge in [0, 0.05) is 19.2 Å². The first-order valence-corrected chi connectivity index (χ1v) is 9.51. The van der Waals surface area contributed by atoms with Crippen molar-refractivity contribution in [2.24, 2.45) is 0 Å². The molecule has 1 fully saturated rings. The number of likely N-dealkylation sites (tertiary alicyclic amines) is 1. The van der Waals surface area contributed by atoms with Crippen LogP contribution in [0.4, 0.5) is 9.18 Å². The second-order valence-corrected chi connectivity index (χ2v) is 7.84. The lowest BCUT2D eigenvalue weighted by Crippen LogP contribution is -2.43. The van der Waals surface area contributed by atoms with E-state index in [0.29, 0.717) is 37.5 Å². The average molecular weight is 407 g/mol. The van der Waals surface area contributed by atoms with E-state index in [9.17, 15) is 9.18 Å². The molecule has 0 atom stereocenters. The smallest absolute Gasteiger partial charge is 0.410 e. The predicted molar refractivity (Wildman–Crippen MR) is 102 cm³/mol. The highest BCUT2D eigenvalue weighted by atomic mass is 19.1. The Bertz CT molecular complexity index is 841. The third-order valence-electron chi connectivity index (χ3n) is 4.42. The van der Waals surface area contributed by atoms with E-state index in [2.05, 4.69) is 10.1 Å². The number of nitrogens with zero attached hydrogens (tertiary/aromatic N) is 3. The quantitative estimate of drug-likeness (QED) is 0.745. The van der Waals surface area contributed by atoms with E-state index in [-0.39, 0.29) is 30.3 Å². The van der Waals surface area contributed by atoms with Crippen molar-refractivity contribution in [3.63, 3.8) is 0 Å². The topological polar surface area (TPSA) is 86.9 Å². The standard InChI is InChI=1S/C20H26FN3O5/c1-20(2,3)28-19(25)24-9-7-13(8-10-24)27-12-17-22-18(29-23-17)15-6-5-14(26-4)11-16(15)21/h5-6,11,13H,7-10,12H2,1-4H3. The fourth-order valence-electron chi connectivity index (χ4n) is 2.94. The number of rotatable bonds is 5. The number of hydrogen-bond acceptors (Lipinski definition) is 7. The Hall–Kier alpha value is -2.68. The van der Waals surface area contributed by atoms with Crippen molar-refractivity contribution in [3.05, 3.63) is 29.8 Å². The van der Waals surface area contributed by atoms with Crippen LogP contribution in [0.2, 0.25) is 0 Å². The minimum absolute atomic E-state index is 0.0200.